The highest BCUT2D eigenvalue weighted by Crippen LogP contribution is 2.32. The minimum absolute atomic E-state index is 0.00783. The summed E-state index contributed by atoms with van der Waals surface area (Å²) in [5.41, 5.74) is 11.0. The van der Waals surface area contributed by atoms with E-state index in [1.807, 2.05) is 54.6 Å². The largest absolute Gasteiger partial charge is 0.350 e. The van der Waals surface area contributed by atoms with Gasteiger partial charge in [0.25, 0.3) is 5.91 Å². The number of nitrogens with one attached hydrogen (secondary N) is 1. The molecular weight excluding hydrogens is 424 g/mol. The molecule has 1 aliphatic heterocycles. The lowest BCUT2D eigenvalue weighted by molar-refractivity contribution is -0.118. The quantitative estimate of drug-likeness (QED) is 0.568. The molecule has 34 heavy (non-hydrogen) atoms. The molecule has 0 bridgehead atoms. The molecule has 1 atom stereocenters. The predicted molar refractivity (Wildman–Crippen MR) is 132 cm³/mol. The van der Waals surface area contributed by atoms with Crippen molar-refractivity contribution in [2.45, 2.75) is 31.7 Å². The van der Waals surface area contributed by atoms with Crippen LogP contribution in [0.4, 0.5) is 5.69 Å². The molecule has 6 nitrogen and oxygen atoms in total. The van der Waals surface area contributed by atoms with Gasteiger partial charge in [-0.15, -0.1) is 0 Å². The van der Waals surface area contributed by atoms with Gasteiger partial charge in [0.2, 0.25) is 5.91 Å². The normalized spacial score (nSPS) is 13.5. The molecule has 4 rings (SSSR count). The van der Waals surface area contributed by atoms with Gasteiger partial charge in [-0.3, -0.25) is 9.59 Å². The van der Waals surface area contributed by atoms with E-state index >= 15 is 0 Å². The van der Waals surface area contributed by atoms with Crippen LogP contribution in [0.25, 0.3) is 0 Å². The molecule has 1 aliphatic rings. The standard InChI is InChI=1S/C28H28N4O2/c29-18-21-13-11-20(12-14-21)15-16-26(33)32-17-5-9-23-8-4-10-24(27(23)32)28(34)31-19-25(30)22-6-2-1-3-7-22/h1-4,6-8,10-14,25H,5,9,15-17,19,30H2,(H,31,34). The number of amides is 2. The summed E-state index contributed by atoms with van der Waals surface area (Å²) in [6, 6.07) is 24.4. The van der Waals surface area contributed by atoms with E-state index in [-0.39, 0.29) is 17.9 Å². The van der Waals surface area contributed by atoms with Crippen molar-refractivity contribution in [3.8, 4) is 6.07 Å². The molecule has 3 N–H and O–H groups in total. The number of para-hydroxylation sites is 1. The third-order valence-corrected chi connectivity index (χ3v) is 6.18. The van der Waals surface area contributed by atoms with Crippen LogP contribution >= 0.6 is 0 Å². The molecule has 1 unspecified atom stereocenters. The van der Waals surface area contributed by atoms with Crippen LogP contribution in [0.2, 0.25) is 0 Å². The van der Waals surface area contributed by atoms with Crippen molar-refractivity contribution >= 4 is 17.5 Å². The smallest absolute Gasteiger partial charge is 0.253 e. The SMILES string of the molecule is N#Cc1ccc(CCC(=O)N2CCCc3cccc(C(=O)NCC(N)c4ccccc4)c32)cc1. The van der Waals surface area contributed by atoms with Crippen LogP contribution in [0, 0.1) is 11.3 Å². The Hall–Kier alpha value is -3.95. The number of carbonyl (C=O) groups excluding carboxylic acids is 2. The molecule has 1 heterocycles. The summed E-state index contributed by atoms with van der Waals surface area (Å²) in [4.78, 5) is 28.1. The van der Waals surface area contributed by atoms with Crippen LogP contribution < -0.4 is 16.0 Å². The highest BCUT2D eigenvalue weighted by Gasteiger charge is 2.27. The number of aryl methyl sites for hydroxylation is 2. The molecule has 0 saturated carbocycles. The van der Waals surface area contributed by atoms with Crippen LogP contribution in [-0.4, -0.2) is 24.9 Å². The van der Waals surface area contributed by atoms with Crippen LogP contribution in [-0.2, 0) is 17.6 Å². The molecule has 2 amide bonds. The van der Waals surface area contributed by atoms with Crippen LogP contribution in [0.3, 0.4) is 0 Å². The molecule has 0 radical (unpaired) electrons. The third kappa shape index (κ3) is 5.33. The van der Waals surface area contributed by atoms with Gasteiger partial charge in [-0.2, -0.15) is 5.26 Å². The fraction of sp³-hybridized carbons (Fsp3) is 0.250. The minimum Gasteiger partial charge on any atom is -0.350 e. The van der Waals surface area contributed by atoms with E-state index in [0.717, 1.165) is 29.5 Å². The average Bonchev–Trinajstić information content (AvgIpc) is 2.90. The van der Waals surface area contributed by atoms with Gasteiger partial charge in [0.05, 0.1) is 22.9 Å². The molecule has 0 aliphatic carbocycles. The van der Waals surface area contributed by atoms with Gasteiger partial charge < -0.3 is 16.0 Å². The number of fused-ring (bicyclic) bond motifs is 1. The highest BCUT2D eigenvalue weighted by atomic mass is 16.2. The first kappa shape index (κ1) is 23.2. The van der Waals surface area contributed by atoms with Crippen molar-refractivity contribution in [1.82, 2.24) is 5.32 Å². The number of hydrogen-bond donors (Lipinski definition) is 2. The van der Waals surface area contributed by atoms with Crippen molar-refractivity contribution < 1.29 is 9.59 Å². The number of rotatable bonds is 7. The lowest BCUT2D eigenvalue weighted by atomic mass is 9.96. The predicted octanol–water partition coefficient (Wildman–Crippen LogP) is 3.90. The van der Waals surface area contributed by atoms with E-state index in [0.29, 0.717) is 42.7 Å². The van der Waals surface area contributed by atoms with Crippen molar-refractivity contribution in [3.63, 3.8) is 0 Å². The Morgan fingerprint density at radius 1 is 1.03 bits per heavy atom. The molecule has 0 fully saturated rings. The van der Waals surface area contributed by atoms with Crippen molar-refractivity contribution in [1.29, 1.82) is 5.26 Å². The topological polar surface area (TPSA) is 99.2 Å². The molecule has 3 aromatic rings. The summed E-state index contributed by atoms with van der Waals surface area (Å²) < 4.78 is 0. The van der Waals surface area contributed by atoms with Crippen molar-refractivity contribution in [2.24, 2.45) is 5.73 Å². The summed E-state index contributed by atoms with van der Waals surface area (Å²) in [6.07, 6.45) is 2.61. The van der Waals surface area contributed by atoms with Crippen molar-refractivity contribution in [3.05, 3.63) is 101 Å². The zero-order valence-electron chi connectivity index (χ0n) is 19.0. The van der Waals surface area contributed by atoms with Gasteiger partial charge in [-0.05, 0) is 54.2 Å². The molecule has 6 heteroatoms. The van der Waals surface area contributed by atoms with Gasteiger partial charge in [0.1, 0.15) is 0 Å². The molecular formula is C28H28N4O2. The Morgan fingerprint density at radius 3 is 2.53 bits per heavy atom. The maximum Gasteiger partial charge on any atom is 0.253 e. The van der Waals surface area contributed by atoms with E-state index < -0.39 is 0 Å². The fourth-order valence-electron chi connectivity index (χ4n) is 4.33. The maximum absolute atomic E-state index is 13.2. The molecule has 172 valence electrons. The van der Waals surface area contributed by atoms with Gasteiger partial charge >= 0.3 is 0 Å². The van der Waals surface area contributed by atoms with Crippen molar-refractivity contribution in [2.75, 3.05) is 18.0 Å². The maximum atomic E-state index is 13.2. The highest BCUT2D eigenvalue weighted by molar-refractivity contribution is 6.06. The fourth-order valence-corrected chi connectivity index (χ4v) is 4.33. The molecule has 0 spiro atoms. The summed E-state index contributed by atoms with van der Waals surface area (Å²) in [6.45, 7) is 0.895. The number of nitrogens with zero attached hydrogens (tertiary/aromatic N) is 2. The average molecular weight is 453 g/mol. The number of benzene rings is 3. The van der Waals surface area contributed by atoms with Crippen LogP contribution in [0.1, 0.15) is 51.5 Å². The molecule has 3 aromatic carbocycles. The second-order valence-corrected chi connectivity index (χ2v) is 8.50. The van der Waals surface area contributed by atoms with Gasteiger partial charge in [-0.1, -0.05) is 54.6 Å². The first-order chi connectivity index (χ1) is 16.6. The zero-order valence-corrected chi connectivity index (χ0v) is 19.0. The van der Waals surface area contributed by atoms with Gasteiger partial charge in [0.15, 0.2) is 0 Å². The zero-order chi connectivity index (χ0) is 23.9. The second-order valence-electron chi connectivity index (χ2n) is 8.50. The van der Waals surface area contributed by atoms with E-state index in [1.165, 1.54) is 0 Å². The van der Waals surface area contributed by atoms with E-state index in [4.69, 9.17) is 11.0 Å². The lowest BCUT2D eigenvalue weighted by Crippen LogP contribution is -2.39. The number of hydrogen-bond acceptors (Lipinski definition) is 4. The summed E-state index contributed by atoms with van der Waals surface area (Å²) >= 11 is 0. The monoisotopic (exact) mass is 452 g/mol. The second kappa shape index (κ2) is 10.8. The molecule has 0 saturated heterocycles. The van der Waals surface area contributed by atoms with E-state index in [1.54, 1.807) is 23.1 Å². The lowest BCUT2D eigenvalue weighted by Gasteiger charge is -2.31. The first-order valence-corrected chi connectivity index (χ1v) is 11.6. The van der Waals surface area contributed by atoms with Crippen LogP contribution in [0.5, 0.6) is 0 Å². The summed E-state index contributed by atoms with van der Waals surface area (Å²) in [5, 5.41) is 11.9. The first-order valence-electron chi connectivity index (χ1n) is 11.6. The Labute approximate surface area is 200 Å². The van der Waals surface area contributed by atoms with Crippen LogP contribution in [0.15, 0.2) is 72.8 Å². The number of carbonyl (C=O) groups is 2. The Kier molecular flexibility index (Phi) is 7.36. The van der Waals surface area contributed by atoms with Gasteiger partial charge in [0, 0.05) is 25.6 Å². The Bertz CT molecular complexity index is 1200. The third-order valence-electron chi connectivity index (χ3n) is 6.18. The summed E-state index contributed by atoms with van der Waals surface area (Å²) in [5.74, 6) is -0.235. The Balaban J connectivity index is 1.47. The van der Waals surface area contributed by atoms with E-state index in [2.05, 4.69) is 11.4 Å². The minimum atomic E-state index is -0.310. The molecule has 0 aromatic heterocycles. The Morgan fingerprint density at radius 2 is 1.79 bits per heavy atom. The summed E-state index contributed by atoms with van der Waals surface area (Å²) in [7, 11) is 0. The van der Waals surface area contributed by atoms with Gasteiger partial charge in [-0.25, -0.2) is 0 Å². The number of nitriles is 1. The number of anilines is 1. The van der Waals surface area contributed by atoms with E-state index in [9.17, 15) is 9.59 Å². The number of nitrogens with two attached hydrogens (primary N) is 1.